The van der Waals surface area contributed by atoms with Gasteiger partial charge in [-0.3, -0.25) is 10.1 Å². The van der Waals surface area contributed by atoms with E-state index >= 15 is 0 Å². The average Bonchev–Trinajstić information content (AvgIpc) is 2.39. The number of pyridine rings is 1. The highest BCUT2D eigenvalue weighted by Gasteiger charge is 2.21. The molecule has 0 unspecified atom stereocenters. The Balaban J connectivity index is 2.19. The zero-order valence-electron chi connectivity index (χ0n) is 10.4. The van der Waals surface area contributed by atoms with Crippen LogP contribution in [0.1, 0.15) is 32.1 Å². The van der Waals surface area contributed by atoms with Crippen LogP contribution in [0.15, 0.2) is 12.1 Å². The van der Waals surface area contributed by atoms with Crippen molar-refractivity contribution in [1.29, 1.82) is 0 Å². The van der Waals surface area contributed by atoms with Crippen LogP contribution >= 0.6 is 0 Å². The van der Waals surface area contributed by atoms with Crippen LogP contribution in [-0.4, -0.2) is 23.1 Å². The Hall–Kier alpha value is -1.85. The lowest BCUT2D eigenvalue weighted by Gasteiger charge is -2.23. The summed E-state index contributed by atoms with van der Waals surface area (Å²) < 4.78 is 5.01. The predicted octanol–water partition coefficient (Wildman–Crippen LogP) is 2.74. The van der Waals surface area contributed by atoms with E-state index in [9.17, 15) is 10.1 Å². The van der Waals surface area contributed by atoms with E-state index in [0.29, 0.717) is 11.7 Å². The second-order valence-electron chi connectivity index (χ2n) is 4.46. The Kier molecular flexibility index (Phi) is 3.96. The number of ether oxygens (including phenoxy) is 1. The summed E-state index contributed by atoms with van der Waals surface area (Å²) in [6, 6.07) is 3.21. The molecule has 1 heterocycles. The van der Waals surface area contributed by atoms with E-state index in [-0.39, 0.29) is 11.7 Å². The smallest absolute Gasteiger partial charge is 0.311 e. The Morgan fingerprint density at radius 2 is 2.11 bits per heavy atom. The van der Waals surface area contributed by atoms with Gasteiger partial charge in [-0.25, -0.2) is 0 Å². The van der Waals surface area contributed by atoms with Crippen molar-refractivity contribution in [3.63, 3.8) is 0 Å². The summed E-state index contributed by atoms with van der Waals surface area (Å²) in [6.45, 7) is 0. The van der Waals surface area contributed by atoms with Gasteiger partial charge in [0.1, 0.15) is 0 Å². The number of aromatic nitrogens is 1. The summed E-state index contributed by atoms with van der Waals surface area (Å²) in [5, 5.41) is 14.1. The van der Waals surface area contributed by atoms with Crippen LogP contribution in [0.5, 0.6) is 5.88 Å². The summed E-state index contributed by atoms with van der Waals surface area (Å²) in [7, 11) is 1.50. The number of rotatable bonds is 4. The molecule has 2 rings (SSSR count). The minimum absolute atomic E-state index is 0.00127. The average molecular weight is 251 g/mol. The summed E-state index contributed by atoms with van der Waals surface area (Å²) in [5.41, 5.74) is 0.00127. The van der Waals surface area contributed by atoms with E-state index in [1.165, 1.54) is 25.7 Å². The monoisotopic (exact) mass is 251 g/mol. The minimum atomic E-state index is -0.419. The van der Waals surface area contributed by atoms with Crippen LogP contribution in [0, 0.1) is 10.1 Å². The van der Waals surface area contributed by atoms with Gasteiger partial charge in [-0.2, -0.15) is 4.98 Å². The molecule has 6 heteroatoms. The van der Waals surface area contributed by atoms with Gasteiger partial charge >= 0.3 is 5.69 Å². The van der Waals surface area contributed by atoms with Gasteiger partial charge in [0.15, 0.2) is 0 Å². The van der Waals surface area contributed by atoms with Gasteiger partial charge in [0.2, 0.25) is 11.7 Å². The van der Waals surface area contributed by atoms with Crippen molar-refractivity contribution in [2.75, 3.05) is 12.4 Å². The molecule has 18 heavy (non-hydrogen) atoms. The molecule has 0 atom stereocenters. The number of nitrogens with one attached hydrogen (secondary N) is 1. The minimum Gasteiger partial charge on any atom is -0.481 e. The molecule has 1 aliphatic rings. The summed E-state index contributed by atoms with van der Waals surface area (Å²) >= 11 is 0. The number of nitro groups is 1. The number of methoxy groups -OCH3 is 1. The number of hydrogen-bond donors (Lipinski definition) is 1. The highest BCUT2D eigenvalue weighted by atomic mass is 16.6. The van der Waals surface area contributed by atoms with Crippen molar-refractivity contribution in [2.45, 2.75) is 38.1 Å². The zero-order chi connectivity index (χ0) is 13.0. The molecule has 1 N–H and O–H groups in total. The SMILES string of the molecule is COc1ccc([N+](=O)[O-])c(NC2CCCCC2)n1. The summed E-state index contributed by atoms with van der Waals surface area (Å²) in [4.78, 5) is 14.7. The first-order chi connectivity index (χ1) is 8.70. The molecule has 0 aromatic carbocycles. The maximum atomic E-state index is 10.9. The van der Waals surface area contributed by atoms with Crippen molar-refractivity contribution in [3.05, 3.63) is 22.2 Å². The lowest BCUT2D eigenvalue weighted by Crippen LogP contribution is -2.23. The van der Waals surface area contributed by atoms with Crippen LogP contribution in [-0.2, 0) is 0 Å². The first-order valence-electron chi connectivity index (χ1n) is 6.16. The molecule has 0 amide bonds. The standard InChI is InChI=1S/C12H17N3O3/c1-18-11-8-7-10(15(16)17)12(14-11)13-9-5-3-2-4-6-9/h7-9H,2-6H2,1H3,(H,13,14). The van der Waals surface area contributed by atoms with Crippen molar-refractivity contribution >= 4 is 11.5 Å². The fraction of sp³-hybridized carbons (Fsp3) is 0.583. The van der Waals surface area contributed by atoms with Gasteiger partial charge in [0.05, 0.1) is 12.0 Å². The largest absolute Gasteiger partial charge is 0.481 e. The molecule has 1 fully saturated rings. The van der Waals surface area contributed by atoms with Crippen LogP contribution < -0.4 is 10.1 Å². The molecular weight excluding hydrogens is 234 g/mol. The molecule has 1 aliphatic carbocycles. The van der Waals surface area contributed by atoms with E-state index < -0.39 is 4.92 Å². The van der Waals surface area contributed by atoms with Crippen LogP contribution in [0.4, 0.5) is 11.5 Å². The van der Waals surface area contributed by atoms with Gasteiger partial charge in [-0.1, -0.05) is 19.3 Å². The van der Waals surface area contributed by atoms with E-state index in [0.717, 1.165) is 25.7 Å². The normalized spacial score (nSPS) is 16.3. The highest BCUT2D eigenvalue weighted by molar-refractivity contribution is 5.57. The molecule has 0 radical (unpaired) electrons. The molecule has 1 aromatic rings. The van der Waals surface area contributed by atoms with Crippen molar-refractivity contribution in [3.8, 4) is 5.88 Å². The van der Waals surface area contributed by atoms with E-state index in [4.69, 9.17) is 4.74 Å². The first kappa shape index (κ1) is 12.6. The number of nitrogens with zero attached hydrogens (tertiary/aromatic N) is 2. The molecule has 1 saturated carbocycles. The van der Waals surface area contributed by atoms with Crippen LogP contribution in [0.2, 0.25) is 0 Å². The third-order valence-corrected chi connectivity index (χ3v) is 3.20. The molecule has 0 aliphatic heterocycles. The van der Waals surface area contributed by atoms with Gasteiger partial charge in [-0.05, 0) is 12.8 Å². The van der Waals surface area contributed by atoms with Gasteiger partial charge in [-0.15, -0.1) is 0 Å². The fourth-order valence-corrected chi connectivity index (χ4v) is 2.24. The zero-order valence-corrected chi connectivity index (χ0v) is 10.4. The summed E-state index contributed by atoms with van der Waals surface area (Å²) in [6.07, 6.45) is 5.64. The second kappa shape index (κ2) is 5.66. The van der Waals surface area contributed by atoms with E-state index in [1.54, 1.807) is 0 Å². The van der Waals surface area contributed by atoms with E-state index in [1.807, 2.05) is 0 Å². The van der Waals surface area contributed by atoms with Crippen molar-refractivity contribution < 1.29 is 9.66 Å². The maximum Gasteiger partial charge on any atom is 0.311 e. The number of hydrogen-bond acceptors (Lipinski definition) is 5. The Bertz CT molecular complexity index is 431. The molecule has 6 nitrogen and oxygen atoms in total. The Morgan fingerprint density at radius 3 is 2.72 bits per heavy atom. The van der Waals surface area contributed by atoms with Crippen LogP contribution in [0.25, 0.3) is 0 Å². The van der Waals surface area contributed by atoms with Crippen LogP contribution in [0.3, 0.4) is 0 Å². The molecule has 98 valence electrons. The third-order valence-electron chi connectivity index (χ3n) is 3.20. The van der Waals surface area contributed by atoms with Gasteiger partial charge in [0, 0.05) is 18.2 Å². The Morgan fingerprint density at radius 1 is 1.39 bits per heavy atom. The lowest BCUT2D eigenvalue weighted by atomic mass is 9.95. The quantitative estimate of drug-likeness (QED) is 0.657. The van der Waals surface area contributed by atoms with Crippen molar-refractivity contribution in [2.24, 2.45) is 0 Å². The molecule has 0 bridgehead atoms. The molecule has 0 saturated heterocycles. The summed E-state index contributed by atoms with van der Waals surface area (Å²) in [5.74, 6) is 0.699. The van der Waals surface area contributed by atoms with Crippen molar-refractivity contribution in [1.82, 2.24) is 4.98 Å². The second-order valence-corrected chi connectivity index (χ2v) is 4.46. The fourth-order valence-electron chi connectivity index (χ4n) is 2.24. The van der Waals surface area contributed by atoms with Gasteiger partial charge in [0.25, 0.3) is 0 Å². The van der Waals surface area contributed by atoms with E-state index in [2.05, 4.69) is 10.3 Å². The molecular formula is C12H17N3O3. The maximum absolute atomic E-state index is 10.9. The molecule has 0 spiro atoms. The highest BCUT2D eigenvalue weighted by Crippen LogP contribution is 2.28. The topological polar surface area (TPSA) is 77.3 Å². The number of anilines is 1. The third kappa shape index (κ3) is 2.88. The molecule has 1 aromatic heterocycles. The first-order valence-corrected chi connectivity index (χ1v) is 6.16. The Labute approximate surface area is 106 Å². The lowest BCUT2D eigenvalue weighted by molar-refractivity contribution is -0.384. The van der Waals surface area contributed by atoms with Gasteiger partial charge < -0.3 is 10.1 Å². The predicted molar refractivity (Wildman–Crippen MR) is 67.9 cm³/mol.